The highest BCUT2D eigenvalue weighted by Gasteiger charge is 2.16. The molecule has 0 radical (unpaired) electrons. The van der Waals surface area contributed by atoms with Gasteiger partial charge in [0, 0.05) is 11.9 Å². The molecule has 1 saturated heterocycles. The summed E-state index contributed by atoms with van der Waals surface area (Å²) >= 11 is 0. The SMILES string of the molecule is OC(CCN1CCCCC1)c1cc2ccccc2o1. The molecule has 2 aromatic rings. The zero-order valence-corrected chi connectivity index (χ0v) is 11.2. The molecular formula is C16H21NO2. The Morgan fingerprint density at radius 2 is 1.95 bits per heavy atom. The highest BCUT2D eigenvalue weighted by Crippen LogP contribution is 2.25. The largest absolute Gasteiger partial charge is 0.458 e. The average Bonchev–Trinajstić information content (AvgIpc) is 2.90. The average molecular weight is 259 g/mol. The van der Waals surface area contributed by atoms with Crippen molar-refractivity contribution in [3.8, 4) is 0 Å². The molecule has 0 bridgehead atoms. The molecule has 2 heterocycles. The van der Waals surface area contributed by atoms with Crippen LogP contribution in [-0.2, 0) is 0 Å². The molecule has 3 heteroatoms. The summed E-state index contributed by atoms with van der Waals surface area (Å²) in [6.07, 6.45) is 4.19. The summed E-state index contributed by atoms with van der Waals surface area (Å²) in [5.41, 5.74) is 0.856. The van der Waals surface area contributed by atoms with Crippen molar-refractivity contribution < 1.29 is 9.52 Å². The van der Waals surface area contributed by atoms with Crippen molar-refractivity contribution in [3.63, 3.8) is 0 Å². The quantitative estimate of drug-likeness (QED) is 0.915. The first-order chi connectivity index (χ1) is 9.33. The lowest BCUT2D eigenvalue weighted by Crippen LogP contribution is -2.31. The maximum Gasteiger partial charge on any atom is 0.134 e. The van der Waals surface area contributed by atoms with E-state index in [-0.39, 0.29) is 0 Å². The van der Waals surface area contributed by atoms with Crippen molar-refractivity contribution >= 4 is 11.0 Å². The van der Waals surface area contributed by atoms with Gasteiger partial charge < -0.3 is 14.4 Å². The summed E-state index contributed by atoms with van der Waals surface area (Å²) in [5.74, 6) is 0.693. The van der Waals surface area contributed by atoms with Crippen LogP contribution < -0.4 is 0 Å². The normalized spacial score (nSPS) is 18.8. The van der Waals surface area contributed by atoms with E-state index in [0.29, 0.717) is 5.76 Å². The number of para-hydroxylation sites is 1. The number of piperidine rings is 1. The van der Waals surface area contributed by atoms with Gasteiger partial charge in [-0.2, -0.15) is 0 Å². The van der Waals surface area contributed by atoms with Gasteiger partial charge in [0.15, 0.2) is 0 Å². The predicted molar refractivity (Wildman–Crippen MR) is 76.1 cm³/mol. The van der Waals surface area contributed by atoms with Gasteiger partial charge in [-0.25, -0.2) is 0 Å². The van der Waals surface area contributed by atoms with Gasteiger partial charge >= 0.3 is 0 Å². The maximum absolute atomic E-state index is 10.2. The lowest BCUT2D eigenvalue weighted by atomic mass is 10.1. The van der Waals surface area contributed by atoms with Gasteiger partial charge in [-0.05, 0) is 44.5 Å². The molecule has 3 nitrogen and oxygen atoms in total. The summed E-state index contributed by atoms with van der Waals surface area (Å²) in [6, 6.07) is 9.85. The monoisotopic (exact) mass is 259 g/mol. The zero-order valence-electron chi connectivity index (χ0n) is 11.2. The number of aliphatic hydroxyl groups excluding tert-OH is 1. The van der Waals surface area contributed by atoms with Crippen molar-refractivity contribution in [3.05, 3.63) is 36.1 Å². The molecule has 1 atom stereocenters. The summed E-state index contributed by atoms with van der Waals surface area (Å²) in [7, 11) is 0. The van der Waals surface area contributed by atoms with Crippen LogP contribution in [0, 0.1) is 0 Å². The molecule has 102 valence electrons. The Hall–Kier alpha value is -1.32. The number of rotatable bonds is 4. The molecule has 1 unspecified atom stereocenters. The van der Waals surface area contributed by atoms with Crippen LogP contribution in [0.25, 0.3) is 11.0 Å². The molecule has 1 aromatic carbocycles. The minimum Gasteiger partial charge on any atom is -0.458 e. The molecule has 19 heavy (non-hydrogen) atoms. The van der Waals surface area contributed by atoms with Crippen LogP contribution in [0.15, 0.2) is 34.7 Å². The maximum atomic E-state index is 10.2. The Labute approximate surface area is 113 Å². The van der Waals surface area contributed by atoms with Crippen LogP contribution in [0.3, 0.4) is 0 Å². The van der Waals surface area contributed by atoms with Crippen LogP contribution in [0.5, 0.6) is 0 Å². The minimum atomic E-state index is -0.491. The number of hydrogen-bond acceptors (Lipinski definition) is 3. The standard InChI is InChI=1S/C16H21NO2/c18-14(8-11-17-9-4-1-5-10-17)16-12-13-6-2-3-7-15(13)19-16/h2-3,6-7,12,14,18H,1,4-5,8-11H2. The molecule has 0 spiro atoms. The van der Waals surface area contributed by atoms with Crippen molar-refractivity contribution in [1.82, 2.24) is 4.90 Å². The minimum absolute atomic E-state index is 0.491. The fourth-order valence-corrected chi connectivity index (χ4v) is 2.80. The Morgan fingerprint density at radius 3 is 2.74 bits per heavy atom. The fourth-order valence-electron chi connectivity index (χ4n) is 2.80. The lowest BCUT2D eigenvalue weighted by molar-refractivity contribution is 0.116. The van der Waals surface area contributed by atoms with Crippen LogP contribution in [-0.4, -0.2) is 29.6 Å². The number of furan rings is 1. The van der Waals surface area contributed by atoms with Crippen molar-refractivity contribution in [2.45, 2.75) is 31.8 Å². The van der Waals surface area contributed by atoms with E-state index < -0.39 is 6.10 Å². The first-order valence-corrected chi connectivity index (χ1v) is 7.22. The first-order valence-electron chi connectivity index (χ1n) is 7.22. The summed E-state index contributed by atoms with van der Waals surface area (Å²) in [6.45, 7) is 3.30. The Morgan fingerprint density at radius 1 is 1.16 bits per heavy atom. The fraction of sp³-hybridized carbons (Fsp3) is 0.500. The molecule has 1 fully saturated rings. The highest BCUT2D eigenvalue weighted by atomic mass is 16.4. The predicted octanol–water partition coefficient (Wildman–Crippen LogP) is 3.34. The van der Waals surface area contributed by atoms with E-state index in [4.69, 9.17) is 4.42 Å². The number of aliphatic hydroxyl groups is 1. The third-order valence-electron chi connectivity index (χ3n) is 3.94. The number of likely N-dealkylation sites (tertiary alicyclic amines) is 1. The summed E-state index contributed by atoms with van der Waals surface area (Å²) < 4.78 is 5.70. The summed E-state index contributed by atoms with van der Waals surface area (Å²) in [4.78, 5) is 2.44. The van der Waals surface area contributed by atoms with E-state index >= 15 is 0 Å². The molecule has 1 aliphatic rings. The molecule has 1 aromatic heterocycles. The van der Waals surface area contributed by atoms with Gasteiger partial charge in [0.25, 0.3) is 0 Å². The molecule has 1 aliphatic heterocycles. The van der Waals surface area contributed by atoms with E-state index in [9.17, 15) is 5.11 Å². The van der Waals surface area contributed by atoms with Gasteiger partial charge in [-0.15, -0.1) is 0 Å². The van der Waals surface area contributed by atoms with E-state index in [0.717, 1.165) is 23.9 Å². The third kappa shape index (κ3) is 2.99. The zero-order chi connectivity index (χ0) is 13.1. The van der Waals surface area contributed by atoms with Crippen molar-refractivity contribution in [1.29, 1.82) is 0 Å². The molecule has 3 rings (SSSR count). The van der Waals surface area contributed by atoms with E-state index in [1.54, 1.807) is 0 Å². The Kier molecular flexibility index (Phi) is 3.85. The molecule has 0 aliphatic carbocycles. The van der Waals surface area contributed by atoms with Gasteiger partial charge in [-0.3, -0.25) is 0 Å². The van der Waals surface area contributed by atoms with Crippen molar-refractivity contribution in [2.24, 2.45) is 0 Å². The van der Waals surface area contributed by atoms with Gasteiger partial charge in [0.2, 0.25) is 0 Å². The topological polar surface area (TPSA) is 36.6 Å². The lowest BCUT2D eigenvalue weighted by Gasteiger charge is -2.26. The van der Waals surface area contributed by atoms with Crippen LogP contribution in [0.2, 0.25) is 0 Å². The van der Waals surface area contributed by atoms with Gasteiger partial charge in [-0.1, -0.05) is 24.6 Å². The van der Waals surface area contributed by atoms with Crippen LogP contribution in [0.4, 0.5) is 0 Å². The van der Waals surface area contributed by atoms with Crippen LogP contribution >= 0.6 is 0 Å². The Balaban J connectivity index is 1.61. The molecule has 0 saturated carbocycles. The smallest absolute Gasteiger partial charge is 0.134 e. The van der Waals surface area contributed by atoms with E-state index in [1.165, 1.54) is 32.4 Å². The summed E-state index contributed by atoms with van der Waals surface area (Å²) in [5, 5.41) is 11.3. The second-order valence-electron chi connectivity index (χ2n) is 5.39. The van der Waals surface area contributed by atoms with E-state index in [2.05, 4.69) is 4.90 Å². The number of nitrogens with zero attached hydrogens (tertiary/aromatic N) is 1. The molecular weight excluding hydrogens is 238 g/mol. The Bertz CT molecular complexity index is 495. The van der Waals surface area contributed by atoms with Gasteiger partial charge in [0.05, 0.1) is 0 Å². The highest BCUT2D eigenvalue weighted by molar-refractivity contribution is 5.77. The second-order valence-corrected chi connectivity index (χ2v) is 5.39. The second kappa shape index (κ2) is 5.76. The third-order valence-corrected chi connectivity index (χ3v) is 3.94. The van der Waals surface area contributed by atoms with Crippen LogP contribution in [0.1, 0.15) is 37.5 Å². The first kappa shape index (κ1) is 12.7. The molecule has 1 N–H and O–H groups in total. The van der Waals surface area contributed by atoms with Gasteiger partial charge in [0.1, 0.15) is 17.4 Å². The van der Waals surface area contributed by atoms with Crippen molar-refractivity contribution in [2.75, 3.05) is 19.6 Å². The number of fused-ring (bicyclic) bond motifs is 1. The number of hydrogen-bond donors (Lipinski definition) is 1. The van der Waals surface area contributed by atoms with E-state index in [1.807, 2.05) is 30.3 Å². The molecule has 0 amide bonds. The number of benzene rings is 1.